The quantitative estimate of drug-likeness (QED) is 0.541. The third-order valence-corrected chi connectivity index (χ3v) is 6.40. The van der Waals surface area contributed by atoms with E-state index in [-0.39, 0.29) is 42.1 Å². The van der Waals surface area contributed by atoms with Crippen molar-refractivity contribution in [2.45, 2.75) is 30.3 Å². The van der Waals surface area contributed by atoms with E-state index in [1.165, 1.54) is 40.7 Å². The van der Waals surface area contributed by atoms with Crippen LogP contribution in [0.5, 0.6) is 0 Å². The second-order valence-electron chi connectivity index (χ2n) is 7.13. The summed E-state index contributed by atoms with van der Waals surface area (Å²) in [6.45, 7) is -0.286. The number of benzene rings is 1. The molecule has 4 rings (SSSR count). The van der Waals surface area contributed by atoms with E-state index in [2.05, 4.69) is 14.7 Å². The van der Waals surface area contributed by atoms with Gasteiger partial charge in [-0.05, 0) is 31.1 Å². The highest BCUT2D eigenvalue weighted by Crippen LogP contribution is 2.28. The molecule has 12 heteroatoms. The van der Waals surface area contributed by atoms with E-state index >= 15 is 0 Å². The van der Waals surface area contributed by atoms with Gasteiger partial charge >= 0.3 is 5.69 Å². The molecule has 0 radical (unpaired) electrons. The van der Waals surface area contributed by atoms with Crippen LogP contribution in [-0.2, 0) is 23.6 Å². The van der Waals surface area contributed by atoms with E-state index in [1.54, 1.807) is 12.1 Å². The normalized spacial score (nSPS) is 14.6. The summed E-state index contributed by atoms with van der Waals surface area (Å²) in [5, 5.41) is 0. The van der Waals surface area contributed by atoms with Crippen LogP contribution in [0.2, 0.25) is 0 Å². The zero-order valence-corrected chi connectivity index (χ0v) is 18.3. The lowest BCUT2D eigenvalue weighted by Crippen LogP contribution is -2.25. The van der Waals surface area contributed by atoms with Crippen molar-refractivity contribution < 1.29 is 12.8 Å². The number of rotatable bonds is 7. The van der Waals surface area contributed by atoms with Crippen molar-refractivity contribution in [2.75, 3.05) is 6.54 Å². The molecule has 2 aromatic heterocycles. The maximum absolute atomic E-state index is 14.0. The van der Waals surface area contributed by atoms with E-state index in [0.717, 1.165) is 12.8 Å². The summed E-state index contributed by atoms with van der Waals surface area (Å²) in [6.07, 6.45) is 4.11. The Labute approximate surface area is 184 Å². The lowest BCUT2D eigenvalue weighted by atomic mass is 10.1. The fourth-order valence-corrected chi connectivity index (χ4v) is 4.59. The first-order valence-electron chi connectivity index (χ1n) is 9.39. The Balaban J connectivity index is 0.00000272. The molecule has 0 spiro atoms. The Hall–Kier alpha value is -2.60. The molecule has 0 atom stereocenters. The summed E-state index contributed by atoms with van der Waals surface area (Å²) in [5.74, 6) is -0.550. The highest BCUT2D eigenvalue weighted by molar-refractivity contribution is 7.89. The number of fused-ring (bicyclic) bond motifs is 1. The van der Waals surface area contributed by atoms with Gasteiger partial charge in [0.15, 0.2) is 5.65 Å². The predicted molar refractivity (Wildman–Crippen MR) is 117 cm³/mol. The number of hydrogen-bond acceptors (Lipinski definition) is 6. The van der Waals surface area contributed by atoms with Gasteiger partial charge in [-0.25, -0.2) is 32.3 Å². The average molecular weight is 469 g/mol. The minimum atomic E-state index is -3.65. The standard InChI is InChI=1S/C19H21FN6O3S.ClH/c1-25-17-16(12-3-2-4-15(9-12)30(28,29)24-14-5-6-14)22-11-23-18(17)26(19(25)27)10-13(20)7-8-21;/h2-4,7,9,11,14,24H,5-6,8,10,21H2,1H3;1H. The third kappa shape index (κ3) is 4.54. The number of aryl methyl sites for hydroxylation is 1. The Morgan fingerprint density at radius 2 is 2.10 bits per heavy atom. The Bertz CT molecular complexity index is 1310. The van der Waals surface area contributed by atoms with E-state index in [1.807, 2.05) is 0 Å². The molecule has 0 bridgehead atoms. The summed E-state index contributed by atoms with van der Waals surface area (Å²) >= 11 is 0. The van der Waals surface area contributed by atoms with Crippen molar-refractivity contribution in [3.05, 3.63) is 53.0 Å². The minimum Gasteiger partial charge on any atom is -0.327 e. The monoisotopic (exact) mass is 468 g/mol. The molecule has 1 aliphatic carbocycles. The molecule has 9 nitrogen and oxygen atoms in total. The van der Waals surface area contributed by atoms with Crippen molar-refractivity contribution >= 4 is 33.6 Å². The van der Waals surface area contributed by atoms with Gasteiger partial charge in [-0.15, -0.1) is 12.4 Å². The molecule has 1 fully saturated rings. The number of hydrogen-bond donors (Lipinski definition) is 2. The van der Waals surface area contributed by atoms with E-state index < -0.39 is 21.5 Å². The first-order chi connectivity index (χ1) is 14.3. The maximum atomic E-state index is 14.0. The summed E-state index contributed by atoms with van der Waals surface area (Å²) < 4.78 is 44.3. The van der Waals surface area contributed by atoms with Crippen molar-refractivity contribution in [1.29, 1.82) is 0 Å². The zero-order valence-electron chi connectivity index (χ0n) is 16.7. The molecule has 0 amide bonds. The van der Waals surface area contributed by atoms with Crippen LogP contribution in [0.4, 0.5) is 4.39 Å². The molecule has 166 valence electrons. The molecule has 1 aliphatic rings. The van der Waals surface area contributed by atoms with Crippen LogP contribution in [0.25, 0.3) is 22.4 Å². The molecule has 2 heterocycles. The fourth-order valence-electron chi connectivity index (χ4n) is 3.24. The number of sulfonamides is 1. The largest absolute Gasteiger partial charge is 0.330 e. The smallest absolute Gasteiger partial charge is 0.327 e. The van der Waals surface area contributed by atoms with Crippen LogP contribution < -0.4 is 16.1 Å². The van der Waals surface area contributed by atoms with E-state index in [0.29, 0.717) is 16.8 Å². The van der Waals surface area contributed by atoms with Crippen LogP contribution in [0.15, 0.2) is 52.2 Å². The molecule has 0 aliphatic heterocycles. The Kier molecular flexibility index (Phi) is 6.60. The van der Waals surface area contributed by atoms with E-state index in [9.17, 15) is 17.6 Å². The topological polar surface area (TPSA) is 125 Å². The molecule has 1 saturated carbocycles. The van der Waals surface area contributed by atoms with Gasteiger partial charge in [0.25, 0.3) is 0 Å². The highest BCUT2D eigenvalue weighted by Gasteiger charge is 2.28. The molecule has 3 N–H and O–H groups in total. The van der Waals surface area contributed by atoms with Gasteiger partial charge < -0.3 is 5.73 Å². The van der Waals surface area contributed by atoms with Crippen molar-refractivity contribution in [3.8, 4) is 11.3 Å². The van der Waals surface area contributed by atoms with Crippen LogP contribution >= 0.6 is 12.4 Å². The van der Waals surface area contributed by atoms with Gasteiger partial charge in [0.1, 0.15) is 17.7 Å². The molecular weight excluding hydrogens is 447 g/mol. The number of nitrogens with zero attached hydrogens (tertiary/aromatic N) is 4. The molecule has 0 unspecified atom stereocenters. The number of imidazole rings is 1. The Morgan fingerprint density at radius 1 is 1.35 bits per heavy atom. The molecular formula is C19H22ClFN6O3S. The van der Waals surface area contributed by atoms with Gasteiger partial charge in [-0.3, -0.25) is 9.13 Å². The van der Waals surface area contributed by atoms with Gasteiger partial charge in [-0.1, -0.05) is 12.1 Å². The summed E-state index contributed by atoms with van der Waals surface area (Å²) in [5.41, 5.74) is 6.38. The zero-order chi connectivity index (χ0) is 21.5. The van der Waals surface area contributed by atoms with Crippen molar-refractivity contribution in [1.82, 2.24) is 23.8 Å². The second kappa shape index (κ2) is 8.87. The average Bonchev–Trinajstić information content (AvgIpc) is 3.50. The van der Waals surface area contributed by atoms with Crippen LogP contribution in [0.1, 0.15) is 12.8 Å². The first kappa shape index (κ1) is 23.1. The minimum absolute atomic E-state index is 0. The molecule has 1 aromatic carbocycles. The molecule has 0 saturated heterocycles. The summed E-state index contributed by atoms with van der Waals surface area (Å²) in [6, 6.07) is 6.31. The number of nitrogens with one attached hydrogen (secondary N) is 1. The van der Waals surface area contributed by atoms with Crippen LogP contribution in [0.3, 0.4) is 0 Å². The van der Waals surface area contributed by atoms with Crippen LogP contribution in [0, 0.1) is 0 Å². The predicted octanol–water partition coefficient (Wildman–Crippen LogP) is 1.47. The third-order valence-electron chi connectivity index (χ3n) is 4.88. The van der Waals surface area contributed by atoms with E-state index in [4.69, 9.17) is 5.73 Å². The fraction of sp³-hybridized carbons (Fsp3) is 0.316. The van der Waals surface area contributed by atoms with Gasteiger partial charge in [0, 0.05) is 25.2 Å². The first-order valence-corrected chi connectivity index (χ1v) is 10.9. The van der Waals surface area contributed by atoms with Gasteiger partial charge in [0.05, 0.1) is 17.1 Å². The second-order valence-corrected chi connectivity index (χ2v) is 8.85. The lowest BCUT2D eigenvalue weighted by molar-refractivity contribution is 0.546. The number of allylic oxidation sites excluding steroid dienone is 1. The Morgan fingerprint density at radius 3 is 2.77 bits per heavy atom. The van der Waals surface area contributed by atoms with Crippen LogP contribution in [-0.4, -0.2) is 40.1 Å². The molecule has 31 heavy (non-hydrogen) atoms. The van der Waals surface area contributed by atoms with Gasteiger partial charge in [0.2, 0.25) is 10.0 Å². The highest BCUT2D eigenvalue weighted by atomic mass is 35.5. The molecule has 3 aromatic rings. The maximum Gasteiger partial charge on any atom is 0.330 e. The summed E-state index contributed by atoms with van der Waals surface area (Å²) in [4.78, 5) is 21.2. The lowest BCUT2D eigenvalue weighted by Gasteiger charge is -2.08. The van der Waals surface area contributed by atoms with Crippen molar-refractivity contribution in [2.24, 2.45) is 12.8 Å². The number of nitrogens with two attached hydrogens (primary N) is 1. The van der Waals surface area contributed by atoms with Crippen molar-refractivity contribution in [3.63, 3.8) is 0 Å². The number of halogens is 2. The summed E-state index contributed by atoms with van der Waals surface area (Å²) in [7, 11) is -2.12. The van der Waals surface area contributed by atoms with Gasteiger partial charge in [-0.2, -0.15) is 0 Å². The SMILES string of the molecule is Cl.Cn1c(=O)n(CC(F)=CCN)c2ncnc(-c3cccc(S(=O)(=O)NC4CC4)c3)c21. The number of aromatic nitrogens is 4.